The van der Waals surface area contributed by atoms with Gasteiger partial charge in [-0.3, -0.25) is 14.4 Å². The molecule has 0 spiro atoms. The Morgan fingerprint density at radius 2 is 0.818 bits per heavy atom. The van der Waals surface area contributed by atoms with Crippen molar-refractivity contribution in [3.8, 4) is 0 Å². The number of unbranched alkanes of at least 4 members (excludes halogenated alkanes) is 17. The number of carboxylic acid groups (broad SMARTS) is 1. The topological polar surface area (TPSA) is 175 Å². The SMILES string of the molecule is CC/C=C\C/C=C\C/C=C\C/C=C\C/C=C\CCCCCC(=O)OCC(COC1OC(C(=O)O)C(O)C(O)C1OC(=O)CCCCC/C=C\C/C=C\C/C=C\CC)OC(=O)CCCCCCC/C=C\CCCCCCCC. The number of aliphatic carboxylic acids is 1. The lowest BCUT2D eigenvalue weighted by Crippen LogP contribution is -2.61. The van der Waals surface area contributed by atoms with E-state index in [0.29, 0.717) is 19.3 Å². The summed E-state index contributed by atoms with van der Waals surface area (Å²) in [5.41, 5.74) is 0. The van der Waals surface area contributed by atoms with Gasteiger partial charge in [-0.2, -0.15) is 0 Å². The highest BCUT2D eigenvalue weighted by Crippen LogP contribution is 2.26. The maximum absolute atomic E-state index is 13.2. The number of carboxylic acids is 1. The molecule has 1 saturated heterocycles. The normalized spacial score (nSPS) is 18.8. The number of hydrogen-bond donors (Lipinski definition) is 3. The van der Waals surface area contributed by atoms with Crippen LogP contribution in [0.4, 0.5) is 0 Å². The minimum Gasteiger partial charge on any atom is -0.479 e. The van der Waals surface area contributed by atoms with Gasteiger partial charge in [-0.1, -0.05) is 194 Å². The average molecular weight is 1080 g/mol. The van der Waals surface area contributed by atoms with Crippen LogP contribution in [-0.4, -0.2) is 89.2 Å². The minimum atomic E-state index is -1.92. The van der Waals surface area contributed by atoms with Gasteiger partial charge in [0, 0.05) is 19.3 Å². The standard InChI is InChI=1S/C65H104O12/c1-4-7-10-13-16-19-22-25-27-28-29-30-32-34-36-39-42-45-48-51-57(66)73-54-56(75-58(67)52-49-46-43-40-38-35-31-26-23-20-17-14-11-8-5-2)55-74-65-63(61(70)60(69)62(77-65)64(71)72)76-59(68)53-50-47-44-41-37-33-24-21-18-15-12-9-6-3/h7,9-10,12,16,18-19,21,25-27,29-31,33-34,36-37,56,60-63,65,69-70H,4-6,8,11,13-15,17,20,22-24,28,32,35,38-55H2,1-3H3,(H,71,72)/b10-7-,12-9-,19-16-,21-18-,27-25-,30-29-,31-26-,36-34-,37-33-. The predicted molar refractivity (Wildman–Crippen MR) is 312 cm³/mol. The largest absolute Gasteiger partial charge is 0.479 e. The number of esters is 3. The van der Waals surface area contributed by atoms with Crippen LogP contribution in [0, 0.1) is 0 Å². The van der Waals surface area contributed by atoms with Crippen LogP contribution in [0.5, 0.6) is 0 Å². The van der Waals surface area contributed by atoms with E-state index in [2.05, 4.69) is 130 Å². The van der Waals surface area contributed by atoms with E-state index in [1.54, 1.807) is 0 Å². The van der Waals surface area contributed by atoms with Crippen molar-refractivity contribution in [3.63, 3.8) is 0 Å². The molecule has 6 unspecified atom stereocenters. The number of aliphatic hydroxyl groups is 2. The van der Waals surface area contributed by atoms with Gasteiger partial charge in [0.1, 0.15) is 18.8 Å². The summed E-state index contributed by atoms with van der Waals surface area (Å²) in [4.78, 5) is 51.1. The van der Waals surface area contributed by atoms with Gasteiger partial charge >= 0.3 is 23.9 Å². The van der Waals surface area contributed by atoms with Gasteiger partial charge in [0.05, 0.1) is 6.61 Å². The fourth-order valence-electron chi connectivity index (χ4n) is 8.28. The molecule has 1 fully saturated rings. The molecule has 1 heterocycles. The fraction of sp³-hybridized carbons (Fsp3) is 0.662. The highest BCUT2D eigenvalue weighted by Gasteiger charge is 2.50. The van der Waals surface area contributed by atoms with Crippen molar-refractivity contribution in [2.24, 2.45) is 0 Å². The zero-order valence-corrected chi connectivity index (χ0v) is 47.9. The molecular weight excluding hydrogens is 973 g/mol. The Kier molecular flexibility index (Phi) is 47.6. The van der Waals surface area contributed by atoms with E-state index < -0.39 is 67.3 Å². The third kappa shape index (κ3) is 42.1. The molecule has 0 bridgehead atoms. The first-order valence-corrected chi connectivity index (χ1v) is 29.9. The summed E-state index contributed by atoms with van der Waals surface area (Å²) in [5, 5.41) is 31.5. The highest BCUT2D eigenvalue weighted by molar-refractivity contribution is 5.74. The Morgan fingerprint density at radius 1 is 0.442 bits per heavy atom. The number of carbonyl (C=O) groups is 4. The van der Waals surface area contributed by atoms with E-state index in [0.717, 1.165) is 128 Å². The molecule has 0 amide bonds. The van der Waals surface area contributed by atoms with Crippen molar-refractivity contribution in [3.05, 3.63) is 109 Å². The van der Waals surface area contributed by atoms with E-state index in [-0.39, 0.29) is 25.9 Å². The van der Waals surface area contributed by atoms with Crippen LogP contribution in [0.2, 0.25) is 0 Å². The first-order chi connectivity index (χ1) is 37.6. The molecule has 6 atom stereocenters. The second-order valence-corrected chi connectivity index (χ2v) is 19.9. The van der Waals surface area contributed by atoms with Crippen LogP contribution in [0.3, 0.4) is 0 Å². The number of carbonyl (C=O) groups excluding carboxylic acids is 3. The van der Waals surface area contributed by atoms with Crippen molar-refractivity contribution in [2.45, 2.75) is 263 Å². The smallest absolute Gasteiger partial charge is 0.335 e. The lowest BCUT2D eigenvalue weighted by molar-refractivity contribution is -0.301. The summed E-state index contributed by atoms with van der Waals surface area (Å²) >= 11 is 0. The molecule has 77 heavy (non-hydrogen) atoms. The lowest BCUT2D eigenvalue weighted by atomic mass is 9.98. The van der Waals surface area contributed by atoms with Gasteiger partial charge in [-0.15, -0.1) is 0 Å². The molecule has 0 aromatic heterocycles. The van der Waals surface area contributed by atoms with Crippen molar-refractivity contribution in [1.29, 1.82) is 0 Å². The van der Waals surface area contributed by atoms with E-state index in [4.69, 9.17) is 23.7 Å². The Balaban J connectivity index is 2.74. The predicted octanol–water partition coefficient (Wildman–Crippen LogP) is 15.4. The fourth-order valence-corrected chi connectivity index (χ4v) is 8.28. The number of rotatable bonds is 49. The lowest BCUT2D eigenvalue weighted by Gasteiger charge is -2.40. The third-order valence-electron chi connectivity index (χ3n) is 12.8. The molecule has 12 heteroatoms. The van der Waals surface area contributed by atoms with Crippen molar-refractivity contribution < 1.29 is 58.2 Å². The Morgan fingerprint density at radius 3 is 1.27 bits per heavy atom. The Labute approximate surface area is 465 Å². The summed E-state index contributed by atoms with van der Waals surface area (Å²) in [6, 6.07) is 0. The van der Waals surface area contributed by atoms with Crippen LogP contribution in [0.25, 0.3) is 0 Å². The molecular formula is C65H104O12. The molecule has 1 aliphatic heterocycles. The van der Waals surface area contributed by atoms with E-state index >= 15 is 0 Å². The van der Waals surface area contributed by atoms with Gasteiger partial charge < -0.3 is 39.0 Å². The minimum absolute atomic E-state index is 0.0159. The molecule has 436 valence electrons. The number of allylic oxidation sites excluding steroid dienone is 18. The van der Waals surface area contributed by atoms with Crippen LogP contribution in [0.1, 0.15) is 226 Å². The molecule has 1 aliphatic rings. The summed E-state index contributed by atoms with van der Waals surface area (Å²) < 4.78 is 28.4. The maximum Gasteiger partial charge on any atom is 0.335 e. The Hall–Kier alpha value is -4.62. The molecule has 0 aromatic rings. The van der Waals surface area contributed by atoms with Crippen molar-refractivity contribution >= 4 is 23.9 Å². The van der Waals surface area contributed by atoms with Gasteiger partial charge in [0.2, 0.25) is 0 Å². The number of ether oxygens (including phenoxy) is 5. The molecule has 1 rings (SSSR count). The zero-order valence-electron chi connectivity index (χ0n) is 47.9. The molecule has 3 N–H and O–H groups in total. The summed E-state index contributed by atoms with van der Waals surface area (Å²) in [6.07, 6.45) is 57.7. The second kappa shape index (κ2) is 52.1. The zero-order chi connectivity index (χ0) is 56.1. The number of hydrogen-bond acceptors (Lipinski definition) is 11. The molecule has 12 nitrogen and oxygen atoms in total. The molecule has 0 aromatic carbocycles. The van der Waals surface area contributed by atoms with Gasteiger partial charge in [0.25, 0.3) is 0 Å². The maximum atomic E-state index is 13.2. The van der Waals surface area contributed by atoms with Gasteiger partial charge in [-0.05, 0) is 122 Å². The van der Waals surface area contributed by atoms with Gasteiger partial charge in [0.15, 0.2) is 24.6 Å². The molecule has 0 aliphatic carbocycles. The van der Waals surface area contributed by atoms with E-state index in [1.807, 2.05) is 0 Å². The highest BCUT2D eigenvalue weighted by atomic mass is 16.7. The Bertz CT molecular complexity index is 1750. The first kappa shape index (κ1) is 70.4. The van der Waals surface area contributed by atoms with Gasteiger partial charge in [-0.25, -0.2) is 4.79 Å². The molecule has 0 radical (unpaired) electrons. The summed E-state index contributed by atoms with van der Waals surface area (Å²) in [5.74, 6) is -3.22. The van der Waals surface area contributed by atoms with Crippen LogP contribution in [0.15, 0.2) is 109 Å². The van der Waals surface area contributed by atoms with Crippen molar-refractivity contribution in [2.75, 3.05) is 13.2 Å². The second-order valence-electron chi connectivity index (χ2n) is 19.9. The quantitative estimate of drug-likeness (QED) is 0.0228. The first-order valence-electron chi connectivity index (χ1n) is 29.9. The van der Waals surface area contributed by atoms with Crippen LogP contribution < -0.4 is 0 Å². The molecule has 0 saturated carbocycles. The average Bonchev–Trinajstić information content (AvgIpc) is 3.42. The van der Waals surface area contributed by atoms with Crippen LogP contribution >= 0.6 is 0 Å². The monoisotopic (exact) mass is 1080 g/mol. The third-order valence-corrected chi connectivity index (χ3v) is 12.8. The number of aliphatic hydroxyl groups excluding tert-OH is 2. The summed E-state index contributed by atoms with van der Waals surface area (Å²) in [6.45, 7) is 5.70. The van der Waals surface area contributed by atoms with Crippen LogP contribution in [-0.2, 0) is 42.9 Å². The van der Waals surface area contributed by atoms with E-state index in [1.165, 1.54) is 38.5 Å². The van der Waals surface area contributed by atoms with E-state index in [9.17, 15) is 34.5 Å². The van der Waals surface area contributed by atoms with Crippen molar-refractivity contribution in [1.82, 2.24) is 0 Å². The summed E-state index contributed by atoms with van der Waals surface area (Å²) in [7, 11) is 0.